The first-order valence-corrected chi connectivity index (χ1v) is 5.82. The Kier molecular flexibility index (Phi) is 3.79. The topological polar surface area (TPSA) is 84.0 Å². The third-order valence-corrected chi connectivity index (χ3v) is 2.68. The Morgan fingerprint density at radius 3 is 2.60 bits per heavy atom. The number of H-pyrrole nitrogens is 1. The number of amides is 1. The van der Waals surface area contributed by atoms with Crippen molar-refractivity contribution < 1.29 is 9.18 Å². The summed E-state index contributed by atoms with van der Waals surface area (Å²) in [5.74, 6) is -1.20. The fourth-order valence-electron chi connectivity index (χ4n) is 1.57. The lowest BCUT2D eigenvalue weighted by molar-refractivity contribution is 0.240. The van der Waals surface area contributed by atoms with Crippen LogP contribution in [0.3, 0.4) is 0 Å². The molecule has 0 bridgehead atoms. The Morgan fingerprint density at radius 2 is 1.95 bits per heavy atom. The molecule has 0 unspecified atom stereocenters. The molecule has 0 aliphatic rings. The van der Waals surface area contributed by atoms with Crippen molar-refractivity contribution >= 4 is 6.03 Å². The monoisotopic (exact) mass is 277 g/mol. The Hall–Kier alpha value is -2.70. The number of halogens is 1. The average molecular weight is 277 g/mol. The third kappa shape index (κ3) is 3.00. The van der Waals surface area contributed by atoms with Crippen LogP contribution in [0.1, 0.15) is 11.1 Å². The molecule has 1 aromatic carbocycles. The normalized spacial score (nSPS) is 10.3. The van der Waals surface area contributed by atoms with E-state index in [-0.39, 0.29) is 6.54 Å². The number of benzene rings is 1. The van der Waals surface area contributed by atoms with Gasteiger partial charge in [0.25, 0.3) is 5.56 Å². The maximum Gasteiger partial charge on any atom is 0.336 e. The summed E-state index contributed by atoms with van der Waals surface area (Å²) < 4.78 is 13.5. The van der Waals surface area contributed by atoms with Gasteiger partial charge in [0.1, 0.15) is 0 Å². The molecule has 2 aromatic rings. The standard InChI is InChI=1S/C13H12FN3O3/c1-8-2-4-9(5-3-8)6-15-12(19)17-7-10(14)11(18)16-13(17)20/h2-5,7H,6H2,1H3,(H,15,19)(H,16,18,20). The average Bonchev–Trinajstić information content (AvgIpc) is 2.42. The Bertz CT molecular complexity index is 747. The highest BCUT2D eigenvalue weighted by Crippen LogP contribution is 2.02. The van der Waals surface area contributed by atoms with Gasteiger partial charge in [0.15, 0.2) is 0 Å². The maximum atomic E-state index is 13.0. The molecule has 7 heteroatoms. The van der Waals surface area contributed by atoms with E-state index in [0.29, 0.717) is 10.8 Å². The summed E-state index contributed by atoms with van der Waals surface area (Å²) in [6.45, 7) is 2.12. The second-order valence-electron chi connectivity index (χ2n) is 4.25. The van der Waals surface area contributed by atoms with Crippen LogP contribution in [0, 0.1) is 12.7 Å². The molecule has 0 aliphatic heterocycles. The van der Waals surface area contributed by atoms with Gasteiger partial charge >= 0.3 is 11.7 Å². The second kappa shape index (κ2) is 5.52. The molecule has 0 spiro atoms. The van der Waals surface area contributed by atoms with E-state index in [9.17, 15) is 18.8 Å². The van der Waals surface area contributed by atoms with Crippen molar-refractivity contribution in [2.45, 2.75) is 13.5 Å². The van der Waals surface area contributed by atoms with E-state index >= 15 is 0 Å². The molecule has 0 radical (unpaired) electrons. The summed E-state index contributed by atoms with van der Waals surface area (Å²) >= 11 is 0. The van der Waals surface area contributed by atoms with Gasteiger partial charge in [-0.3, -0.25) is 9.78 Å². The molecule has 2 N–H and O–H groups in total. The summed E-state index contributed by atoms with van der Waals surface area (Å²) in [6, 6.07) is 6.60. The van der Waals surface area contributed by atoms with Crippen molar-refractivity contribution in [3.63, 3.8) is 0 Å². The highest BCUT2D eigenvalue weighted by molar-refractivity contribution is 5.76. The van der Waals surface area contributed by atoms with E-state index in [1.807, 2.05) is 31.2 Å². The predicted octanol–water partition coefficient (Wildman–Crippen LogP) is 0.742. The molecule has 20 heavy (non-hydrogen) atoms. The Balaban J connectivity index is 2.13. The van der Waals surface area contributed by atoms with Crippen LogP contribution >= 0.6 is 0 Å². The molecule has 6 nitrogen and oxygen atoms in total. The number of aryl methyl sites for hydroxylation is 1. The number of nitrogens with one attached hydrogen (secondary N) is 2. The minimum Gasteiger partial charge on any atom is -0.333 e. The zero-order valence-electron chi connectivity index (χ0n) is 10.6. The number of carbonyl (C=O) groups excluding carboxylic acids is 1. The first-order valence-electron chi connectivity index (χ1n) is 5.82. The van der Waals surface area contributed by atoms with Gasteiger partial charge in [-0.2, -0.15) is 4.39 Å². The van der Waals surface area contributed by atoms with Crippen LogP contribution in [-0.4, -0.2) is 15.6 Å². The molecule has 0 saturated carbocycles. The molecular weight excluding hydrogens is 265 g/mol. The Labute approximate surface area is 112 Å². The summed E-state index contributed by atoms with van der Waals surface area (Å²) in [7, 11) is 0. The van der Waals surface area contributed by atoms with Crippen LogP contribution in [0.4, 0.5) is 9.18 Å². The van der Waals surface area contributed by atoms with Crippen molar-refractivity contribution in [2.24, 2.45) is 0 Å². The summed E-state index contributed by atoms with van der Waals surface area (Å²) in [5, 5.41) is 2.46. The first kappa shape index (κ1) is 13.7. The molecule has 1 aromatic heterocycles. The Morgan fingerprint density at radius 1 is 1.30 bits per heavy atom. The van der Waals surface area contributed by atoms with Crippen molar-refractivity contribution in [2.75, 3.05) is 0 Å². The van der Waals surface area contributed by atoms with Crippen LogP contribution in [0.2, 0.25) is 0 Å². The lowest BCUT2D eigenvalue weighted by Gasteiger charge is -2.07. The smallest absolute Gasteiger partial charge is 0.333 e. The largest absolute Gasteiger partial charge is 0.336 e. The van der Waals surface area contributed by atoms with Crippen LogP contribution in [0.25, 0.3) is 0 Å². The third-order valence-electron chi connectivity index (χ3n) is 2.68. The minimum atomic E-state index is -1.20. The van der Waals surface area contributed by atoms with Crippen molar-refractivity contribution in [1.29, 1.82) is 0 Å². The first-order chi connectivity index (χ1) is 9.47. The molecular formula is C13H12FN3O3. The molecule has 0 fully saturated rings. The number of carbonyl (C=O) groups is 1. The van der Waals surface area contributed by atoms with Crippen LogP contribution in [-0.2, 0) is 6.54 Å². The number of hydrogen-bond donors (Lipinski definition) is 2. The fraction of sp³-hybridized carbons (Fsp3) is 0.154. The number of aromatic amines is 1. The van der Waals surface area contributed by atoms with E-state index in [1.165, 1.54) is 0 Å². The summed E-state index contributed by atoms with van der Waals surface area (Å²) in [6.07, 6.45) is 0.561. The lowest BCUT2D eigenvalue weighted by atomic mass is 10.1. The van der Waals surface area contributed by atoms with E-state index in [2.05, 4.69) is 5.32 Å². The van der Waals surface area contributed by atoms with Gasteiger partial charge in [-0.25, -0.2) is 14.2 Å². The van der Waals surface area contributed by atoms with Crippen molar-refractivity contribution in [3.8, 4) is 0 Å². The van der Waals surface area contributed by atoms with Crippen molar-refractivity contribution in [3.05, 3.63) is 68.2 Å². The van der Waals surface area contributed by atoms with E-state index in [1.54, 1.807) is 4.98 Å². The highest BCUT2D eigenvalue weighted by atomic mass is 19.1. The van der Waals surface area contributed by atoms with E-state index < -0.39 is 23.1 Å². The zero-order valence-corrected chi connectivity index (χ0v) is 10.6. The molecule has 1 heterocycles. The van der Waals surface area contributed by atoms with Gasteiger partial charge in [-0.15, -0.1) is 0 Å². The lowest BCUT2D eigenvalue weighted by Crippen LogP contribution is -2.40. The van der Waals surface area contributed by atoms with Gasteiger partial charge < -0.3 is 5.32 Å². The molecule has 2 rings (SSSR count). The van der Waals surface area contributed by atoms with E-state index in [0.717, 1.165) is 11.1 Å². The highest BCUT2D eigenvalue weighted by Gasteiger charge is 2.10. The number of aromatic nitrogens is 2. The van der Waals surface area contributed by atoms with Crippen LogP contribution in [0.5, 0.6) is 0 Å². The number of rotatable bonds is 2. The molecule has 0 saturated heterocycles. The van der Waals surface area contributed by atoms with Crippen LogP contribution < -0.4 is 16.6 Å². The van der Waals surface area contributed by atoms with Crippen molar-refractivity contribution in [1.82, 2.24) is 14.9 Å². The van der Waals surface area contributed by atoms with Gasteiger partial charge in [0, 0.05) is 6.54 Å². The maximum absolute atomic E-state index is 13.0. The van der Waals surface area contributed by atoms with Gasteiger partial charge in [0.2, 0.25) is 5.82 Å². The van der Waals surface area contributed by atoms with Gasteiger partial charge in [-0.1, -0.05) is 29.8 Å². The molecule has 104 valence electrons. The van der Waals surface area contributed by atoms with Gasteiger partial charge in [0.05, 0.1) is 6.20 Å². The number of nitrogens with zero attached hydrogens (tertiary/aromatic N) is 1. The fourth-order valence-corrected chi connectivity index (χ4v) is 1.57. The molecule has 1 amide bonds. The number of hydrogen-bond acceptors (Lipinski definition) is 3. The quantitative estimate of drug-likeness (QED) is 0.849. The predicted molar refractivity (Wildman–Crippen MR) is 70.1 cm³/mol. The summed E-state index contributed by atoms with van der Waals surface area (Å²) in [5.41, 5.74) is -0.226. The van der Waals surface area contributed by atoms with Crippen LogP contribution in [0.15, 0.2) is 40.1 Å². The molecule has 0 aliphatic carbocycles. The zero-order chi connectivity index (χ0) is 14.7. The van der Waals surface area contributed by atoms with Gasteiger partial charge in [-0.05, 0) is 12.5 Å². The minimum absolute atomic E-state index is 0.187. The second-order valence-corrected chi connectivity index (χ2v) is 4.25. The molecule has 0 atom stereocenters. The SMILES string of the molecule is Cc1ccc(CNC(=O)n2cc(F)c(=O)[nH]c2=O)cc1. The summed E-state index contributed by atoms with van der Waals surface area (Å²) in [4.78, 5) is 35.7. The van der Waals surface area contributed by atoms with E-state index in [4.69, 9.17) is 0 Å².